The van der Waals surface area contributed by atoms with Gasteiger partial charge in [0.1, 0.15) is 11.3 Å². The predicted molar refractivity (Wildman–Crippen MR) is 66.7 cm³/mol. The first-order valence-electron chi connectivity index (χ1n) is 5.63. The molecule has 0 amide bonds. The molecule has 1 heterocycles. The average molecular weight is 280 g/mol. The Hall–Kier alpha value is -2.50. The zero-order chi connectivity index (χ0) is 14.5. The van der Waals surface area contributed by atoms with Crippen LogP contribution in [0.5, 0.6) is 5.75 Å². The van der Waals surface area contributed by atoms with E-state index in [4.69, 9.17) is 4.42 Å². The number of fused-ring (bicyclic) bond motifs is 3. The molecule has 102 valence electrons. The van der Waals surface area contributed by atoms with E-state index >= 15 is 0 Å². The number of benzene rings is 2. The topological polar surface area (TPSA) is 50.4 Å². The van der Waals surface area contributed by atoms with Gasteiger partial charge in [-0.2, -0.15) is 13.2 Å². The van der Waals surface area contributed by atoms with E-state index < -0.39 is 17.4 Å². The van der Waals surface area contributed by atoms with Crippen molar-refractivity contribution in [2.24, 2.45) is 0 Å². The van der Waals surface area contributed by atoms with Crippen LogP contribution in [0.25, 0.3) is 21.7 Å². The number of alkyl halides is 3. The molecule has 20 heavy (non-hydrogen) atoms. The third-order valence-electron chi connectivity index (χ3n) is 3.01. The third-order valence-corrected chi connectivity index (χ3v) is 3.01. The highest BCUT2D eigenvalue weighted by atomic mass is 19.4. The van der Waals surface area contributed by atoms with Crippen molar-refractivity contribution in [3.63, 3.8) is 0 Å². The highest BCUT2D eigenvalue weighted by Crippen LogP contribution is 2.37. The largest absolute Gasteiger partial charge is 0.508 e. The molecule has 0 aliphatic heterocycles. The summed E-state index contributed by atoms with van der Waals surface area (Å²) in [6.07, 6.45) is -4.67. The zero-order valence-corrected chi connectivity index (χ0v) is 9.86. The summed E-state index contributed by atoms with van der Waals surface area (Å²) in [7, 11) is 0. The number of halogens is 3. The Bertz CT molecular complexity index is 878. The van der Waals surface area contributed by atoms with Crippen molar-refractivity contribution in [3.8, 4) is 5.75 Å². The summed E-state index contributed by atoms with van der Waals surface area (Å²) in [6, 6.07) is 7.21. The van der Waals surface area contributed by atoms with E-state index in [-0.39, 0.29) is 22.1 Å². The molecule has 0 saturated heterocycles. The smallest absolute Gasteiger partial charge is 0.417 e. The number of phenols is 1. The van der Waals surface area contributed by atoms with Crippen LogP contribution in [-0.2, 0) is 6.18 Å². The first kappa shape index (κ1) is 12.5. The van der Waals surface area contributed by atoms with Crippen molar-refractivity contribution in [1.82, 2.24) is 0 Å². The number of hydrogen-bond donors (Lipinski definition) is 1. The SMILES string of the molecule is O=c1cc(C(F)(F)F)c2c(ccc3cc(O)ccc32)o1. The standard InChI is InChI=1S/C14H7F3O3/c15-14(16,17)10-6-12(19)20-11-4-1-7-5-8(18)2-3-9(7)13(10)11/h1-6,18H. The molecule has 3 aromatic rings. The van der Waals surface area contributed by atoms with Gasteiger partial charge in [0.15, 0.2) is 0 Å². The molecule has 1 N–H and O–H groups in total. The number of rotatable bonds is 0. The maximum absolute atomic E-state index is 13.1. The van der Waals surface area contributed by atoms with Crippen molar-refractivity contribution in [3.05, 3.63) is 52.4 Å². The van der Waals surface area contributed by atoms with Crippen LogP contribution < -0.4 is 5.63 Å². The third kappa shape index (κ3) is 1.89. The minimum atomic E-state index is -4.67. The summed E-state index contributed by atoms with van der Waals surface area (Å²) >= 11 is 0. The molecule has 0 bridgehead atoms. The number of hydrogen-bond acceptors (Lipinski definition) is 3. The van der Waals surface area contributed by atoms with Gasteiger partial charge in [-0.15, -0.1) is 0 Å². The molecule has 0 unspecified atom stereocenters. The van der Waals surface area contributed by atoms with Gasteiger partial charge in [0.2, 0.25) is 0 Å². The summed E-state index contributed by atoms with van der Waals surface area (Å²) in [5, 5.41) is 9.88. The Morgan fingerprint density at radius 1 is 1.05 bits per heavy atom. The van der Waals surface area contributed by atoms with E-state index in [1.165, 1.54) is 30.3 Å². The Kier molecular flexibility index (Phi) is 2.50. The van der Waals surface area contributed by atoms with Gasteiger partial charge in [-0.25, -0.2) is 4.79 Å². The van der Waals surface area contributed by atoms with Crippen molar-refractivity contribution in [1.29, 1.82) is 0 Å². The molecule has 0 spiro atoms. The Balaban J connectivity index is 2.58. The lowest BCUT2D eigenvalue weighted by atomic mass is 10.0. The van der Waals surface area contributed by atoms with Gasteiger partial charge in [-0.3, -0.25) is 0 Å². The second-order valence-corrected chi connectivity index (χ2v) is 4.32. The number of phenolic OH excluding ortho intramolecular Hbond substituents is 1. The van der Waals surface area contributed by atoms with Crippen LogP contribution in [-0.4, -0.2) is 5.11 Å². The van der Waals surface area contributed by atoms with E-state index in [0.717, 1.165) is 0 Å². The van der Waals surface area contributed by atoms with Crippen molar-refractivity contribution in [2.75, 3.05) is 0 Å². The van der Waals surface area contributed by atoms with Crippen LogP contribution in [0.1, 0.15) is 5.56 Å². The lowest BCUT2D eigenvalue weighted by Crippen LogP contribution is -2.11. The van der Waals surface area contributed by atoms with Gasteiger partial charge in [-0.05, 0) is 35.0 Å². The molecular formula is C14H7F3O3. The maximum atomic E-state index is 13.1. The van der Waals surface area contributed by atoms with Crippen LogP contribution in [0.15, 0.2) is 45.6 Å². The summed E-state index contributed by atoms with van der Waals surface area (Å²) in [6.45, 7) is 0. The van der Waals surface area contributed by atoms with Gasteiger partial charge >= 0.3 is 11.8 Å². The molecule has 2 aromatic carbocycles. The Labute approximate surface area is 109 Å². The van der Waals surface area contributed by atoms with Crippen molar-refractivity contribution < 1.29 is 22.7 Å². The molecule has 3 nitrogen and oxygen atoms in total. The number of aromatic hydroxyl groups is 1. The molecule has 0 saturated carbocycles. The van der Waals surface area contributed by atoms with E-state index in [0.29, 0.717) is 11.5 Å². The second kappa shape index (κ2) is 4.00. The predicted octanol–water partition coefficient (Wildman–Crippen LogP) is 3.67. The van der Waals surface area contributed by atoms with E-state index in [1.54, 1.807) is 0 Å². The van der Waals surface area contributed by atoms with Gasteiger partial charge in [0.25, 0.3) is 0 Å². The molecule has 1 aromatic heterocycles. The fourth-order valence-electron chi connectivity index (χ4n) is 2.21. The fraction of sp³-hybridized carbons (Fsp3) is 0.0714. The van der Waals surface area contributed by atoms with Gasteiger partial charge < -0.3 is 9.52 Å². The van der Waals surface area contributed by atoms with Crippen molar-refractivity contribution >= 4 is 21.7 Å². The van der Waals surface area contributed by atoms with E-state index in [1.807, 2.05) is 0 Å². The molecule has 0 aliphatic rings. The lowest BCUT2D eigenvalue weighted by molar-refractivity contribution is -0.136. The summed E-state index contributed by atoms with van der Waals surface area (Å²) in [4.78, 5) is 11.2. The van der Waals surface area contributed by atoms with E-state index in [2.05, 4.69) is 0 Å². The summed E-state index contributed by atoms with van der Waals surface area (Å²) in [5.41, 5.74) is -2.23. The van der Waals surface area contributed by atoms with Gasteiger partial charge in [-0.1, -0.05) is 6.07 Å². The first-order valence-corrected chi connectivity index (χ1v) is 5.63. The quantitative estimate of drug-likeness (QED) is 0.505. The summed E-state index contributed by atoms with van der Waals surface area (Å²) < 4.78 is 44.0. The normalized spacial score (nSPS) is 12.2. The molecule has 3 rings (SSSR count). The second-order valence-electron chi connectivity index (χ2n) is 4.32. The van der Waals surface area contributed by atoms with Crippen LogP contribution >= 0.6 is 0 Å². The molecule has 6 heteroatoms. The first-order chi connectivity index (χ1) is 9.36. The molecule has 0 aliphatic carbocycles. The fourth-order valence-corrected chi connectivity index (χ4v) is 2.21. The van der Waals surface area contributed by atoms with Crippen LogP contribution in [0.4, 0.5) is 13.2 Å². The monoisotopic (exact) mass is 280 g/mol. The van der Waals surface area contributed by atoms with Gasteiger partial charge in [0, 0.05) is 11.5 Å². The van der Waals surface area contributed by atoms with Crippen LogP contribution in [0, 0.1) is 0 Å². The van der Waals surface area contributed by atoms with Crippen LogP contribution in [0.3, 0.4) is 0 Å². The molecule has 0 fully saturated rings. The van der Waals surface area contributed by atoms with Crippen LogP contribution in [0.2, 0.25) is 0 Å². The maximum Gasteiger partial charge on any atom is 0.417 e. The average Bonchev–Trinajstić information content (AvgIpc) is 2.36. The molecule has 0 radical (unpaired) electrons. The minimum Gasteiger partial charge on any atom is -0.508 e. The highest BCUT2D eigenvalue weighted by Gasteiger charge is 2.34. The summed E-state index contributed by atoms with van der Waals surface area (Å²) in [5.74, 6) is -0.0530. The molecular weight excluding hydrogens is 273 g/mol. The molecule has 0 atom stereocenters. The highest BCUT2D eigenvalue weighted by molar-refractivity contribution is 6.07. The Morgan fingerprint density at radius 2 is 1.80 bits per heavy atom. The van der Waals surface area contributed by atoms with Gasteiger partial charge in [0.05, 0.1) is 5.56 Å². The minimum absolute atomic E-state index is 0.0530. The Morgan fingerprint density at radius 3 is 2.50 bits per heavy atom. The van der Waals surface area contributed by atoms with Crippen molar-refractivity contribution in [2.45, 2.75) is 6.18 Å². The zero-order valence-electron chi connectivity index (χ0n) is 9.86. The van der Waals surface area contributed by atoms with E-state index in [9.17, 15) is 23.1 Å². The lowest BCUT2D eigenvalue weighted by Gasteiger charge is -2.11.